The Morgan fingerprint density at radius 1 is 0.774 bits per heavy atom. The van der Waals surface area contributed by atoms with Gasteiger partial charge in [-0.3, -0.25) is 14.5 Å². The number of nitrogens with zero attached hydrogens (tertiary/aromatic N) is 1. The molecule has 0 spiro atoms. The number of morpholine rings is 1. The van der Waals surface area contributed by atoms with Gasteiger partial charge < -0.3 is 35.7 Å². The summed E-state index contributed by atoms with van der Waals surface area (Å²) in [5.41, 5.74) is 13.2. The molecule has 6 rings (SSSR count). The highest BCUT2D eigenvalue weighted by Crippen LogP contribution is 2.39. The number of unbranched alkanes of at least 4 members (excludes halogenated alkanes) is 3. The molecule has 4 aromatic rings. The summed E-state index contributed by atoms with van der Waals surface area (Å²) in [7, 11) is 0. The van der Waals surface area contributed by atoms with Crippen LogP contribution in [-0.4, -0.2) is 60.8 Å². The topological polar surface area (TPSA) is 135 Å². The first-order valence-corrected chi connectivity index (χ1v) is 18.8. The average molecular weight is 721 g/mol. The molecule has 2 amide bonds. The number of amides is 2. The Balaban J connectivity index is 0.996. The zero-order valence-electron chi connectivity index (χ0n) is 30.4. The second kappa shape index (κ2) is 19.5. The Morgan fingerprint density at radius 3 is 2.19 bits per heavy atom. The van der Waals surface area contributed by atoms with E-state index in [2.05, 4.69) is 45.9 Å². The molecule has 4 aromatic carbocycles. The number of benzene rings is 4. The van der Waals surface area contributed by atoms with Gasteiger partial charge in [-0.15, -0.1) is 0 Å². The van der Waals surface area contributed by atoms with Crippen LogP contribution in [0.2, 0.25) is 0 Å². The van der Waals surface area contributed by atoms with Gasteiger partial charge in [0.05, 0.1) is 43.4 Å². The number of nitrogens with two attached hydrogens (primary N) is 1. The molecule has 3 atom stereocenters. The van der Waals surface area contributed by atoms with Crippen LogP contribution >= 0.6 is 0 Å². The van der Waals surface area contributed by atoms with Crippen LogP contribution in [0.15, 0.2) is 97.1 Å². The number of carbonyl (C=O) groups excluding carboxylic acids is 2. The molecule has 280 valence electrons. The highest BCUT2D eigenvalue weighted by Gasteiger charge is 2.33. The first-order valence-electron chi connectivity index (χ1n) is 18.8. The largest absolute Gasteiger partial charge is 0.397 e. The van der Waals surface area contributed by atoms with Gasteiger partial charge >= 0.3 is 0 Å². The van der Waals surface area contributed by atoms with Crippen molar-refractivity contribution in [1.82, 2.24) is 10.2 Å². The fourth-order valence-electron chi connectivity index (χ4n) is 6.91. The Labute approximate surface area is 312 Å². The van der Waals surface area contributed by atoms with Crippen LogP contribution in [0.25, 0.3) is 11.1 Å². The van der Waals surface area contributed by atoms with E-state index in [1.807, 2.05) is 54.6 Å². The number of hydrogen-bond acceptors (Lipinski definition) is 8. The highest BCUT2D eigenvalue weighted by molar-refractivity contribution is 5.93. The van der Waals surface area contributed by atoms with Crippen molar-refractivity contribution < 1.29 is 28.9 Å². The normalized spacial score (nSPS) is 19.1. The molecular weight excluding hydrogens is 668 g/mol. The number of anilines is 2. The summed E-state index contributed by atoms with van der Waals surface area (Å²) in [6.07, 6.45) is 4.26. The molecule has 0 radical (unpaired) electrons. The molecule has 2 fully saturated rings. The quantitative estimate of drug-likeness (QED) is 0.0726. The van der Waals surface area contributed by atoms with Crippen LogP contribution in [-0.2, 0) is 37.0 Å². The van der Waals surface area contributed by atoms with Gasteiger partial charge in [0.15, 0.2) is 6.29 Å². The molecule has 2 heterocycles. The van der Waals surface area contributed by atoms with Gasteiger partial charge in [-0.05, 0) is 52.8 Å². The van der Waals surface area contributed by atoms with E-state index in [9.17, 15) is 14.7 Å². The van der Waals surface area contributed by atoms with Gasteiger partial charge in [0.2, 0.25) is 11.8 Å². The number of ether oxygens (including phenoxy) is 3. The summed E-state index contributed by atoms with van der Waals surface area (Å²) in [6, 6.07) is 31.7. The van der Waals surface area contributed by atoms with Crippen molar-refractivity contribution in [2.24, 2.45) is 0 Å². The standard InChI is InChI=1S/C43H52N4O6/c44-38-11-7-8-12-39(38)46-42(50)14-4-2-1-3-13-41(49)45-28-35-9-5-6-10-37(35)32-19-21-34(22-20-32)43-52-36(29-47-23-25-51-26-24-47)27-40(53-43)33-17-15-31(30-48)16-18-33/h5-12,15-22,36,40,43,48H,1-4,13-14,23-30,44H2,(H,45,49)(H,46,50)/t36-,40+,43+/m1/s1. The Morgan fingerprint density at radius 2 is 1.45 bits per heavy atom. The summed E-state index contributed by atoms with van der Waals surface area (Å²) in [6.45, 7) is 4.52. The number of para-hydroxylation sites is 2. The zero-order chi connectivity index (χ0) is 36.8. The molecular formula is C43H52N4O6. The minimum atomic E-state index is -0.522. The maximum atomic E-state index is 12.7. The van der Waals surface area contributed by atoms with Gasteiger partial charge in [-0.1, -0.05) is 97.8 Å². The molecule has 10 nitrogen and oxygen atoms in total. The van der Waals surface area contributed by atoms with Gasteiger partial charge in [0.1, 0.15) is 0 Å². The van der Waals surface area contributed by atoms with E-state index in [0.29, 0.717) is 30.8 Å². The summed E-state index contributed by atoms with van der Waals surface area (Å²) in [5.74, 6) is -0.0286. The van der Waals surface area contributed by atoms with E-state index < -0.39 is 6.29 Å². The van der Waals surface area contributed by atoms with Crippen LogP contribution in [0, 0.1) is 0 Å². The van der Waals surface area contributed by atoms with E-state index in [0.717, 1.165) is 98.3 Å². The second-order valence-electron chi connectivity index (χ2n) is 13.9. The van der Waals surface area contributed by atoms with Crippen molar-refractivity contribution in [2.75, 3.05) is 43.9 Å². The average Bonchev–Trinajstić information content (AvgIpc) is 3.20. The predicted molar refractivity (Wildman–Crippen MR) is 207 cm³/mol. The molecule has 0 aliphatic carbocycles. The maximum Gasteiger partial charge on any atom is 0.224 e. The van der Waals surface area contributed by atoms with Crippen molar-refractivity contribution >= 4 is 23.2 Å². The van der Waals surface area contributed by atoms with E-state index >= 15 is 0 Å². The molecule has 5 N–H and O–H groups in total. The lowest BCUT2D eigenvalue weighted by Gasteiger charge is -2.39. The van der Waals surface area contributed by atoms with E-state index in [1.165, 1.54) is 0 Å². The number of nitrogens with one attached hydrogen (secondary N) is 2. The molecule has 10 heteroatoms. The fourth-order valence-corrected chi connectivity index (χ4v) is 6.91. The lowest BCUT2D eigenvalue weighted by Crippen LogP contribution is -2.44. The molecule has 2 saturated heterocycles. The van der Waals surface area contributed by atoms with Gasteiger partial charge in [-0.2, -0.15) is 0 Å². The van der Waals surface area contributed by atoms with E-state index in [-0.39, 0.29) is 30.6 Å². The summed E-state index contributed by atoms with van der Waals surface area (Å²) < 4.78 is 18.7. The number of aliphatic hydroxyl groups is 1. The number of nitrogen functional groups attached to an aromatic ring is 1. The van der Waals surface area contributed by atoms with Crippen molar-refractivity contribution in [3.8, 4) is 11.1 Å². The Bertz CT molecular complexity index is 1760. The molecule has 53 heavy (non-hydrogen) atoms. The van der Waals surface area contributed by atoms with Gasteiger partial charge in [-0.25, -0.2) is 0 Å². The maximum absolute atomic E-state index is 12.7. The predicted octanol–water partition coefficient (Wildman–Crippen LogP) is 6.90. The highest BCUT2D eigenvalue weighted by atomic mass is 16.7. The number of carbonyl (C=O) groups is 2. The monoisotopic (exact) mass is 720 g/mol. The third kappa shape index (κ3) is 11.2. The minimum absolute atomic E-state index is 0.00916. The molecule has 2 aliphatic rings. The smallest absolute Gasteiger partial charge is 0.224 e. The Hall–Kier alpha value is -4.58. The molecule has 0 unspecified atom stereocenters. The zero-order valence-corrected chi connectivity index (χ0v) is 30.4. The number of hydrogen-bond donors (Lipinski definition) is 4. The molecule has 2 aliphatic heterocycles. The number of rotatable bonds is 16. The summed E-state index contributed by atoms with van der Waals surface area (Å²) >= 11 is 0. The van der Waals surface area contributed by atoms with Gasteiger partial charge in [0.25, 0.3) is 0 Å². The first kappa shape index (κ1) is 38.2. The lowest BCUT2D eigenvalue weighted by atomic mass is 9.97. The molecule has 0 saturated carbocycles. The lowest BCUT2D eigenvalue weighted by molar-refractivity contribution is -0.253. The van der Waals surface area contributed by atoms with Crippen LogP contribution in [0.5, 0.6) is 0 Å². The first-order chi connectivity index (χ1) is 25.9. The van der Waals surface area contributed by atoms with E-state index in [1.54, 1.807) is 12.1 Å². The Kier molecular flexibility index (Phi) is 14.0. The van der Waals surface area contributed by atoms with Gasteiger partial charge in [0, 0.05) is 51.0 Å². The van der Waals surface area contributed by atoms with Crippen LogP contribution < -0.4 is 16.4 Å². The summed E-state index contributed by atoms with van der Waals surface area (Å²) in [4.78, 5) is 27.4. The van der Waals surface area contributed by atoms with Crippen LogP contribution in [0.1, 0.15) is 79.6 Å². The SMILES string of the molecule is Nc1ccccc1NC(=O)CCCCCCC(=O)NCc1ccccc1-c1ccc([C@H]2O[C@@H](CN3CCOCC3)C[C@@H](c3ccc(CO)cc3)O2)cc1. The van der Waals surface area contributed by atoms with Crippen LogP contribution in [0.4, 0.5) is 11.4 Å². The van der Waals surface area contributed by atoms with E-state index in [4.69, 9.17) is 19.9 Å². The third-order valence-electron chi connectivity index (χ3n) is 9.96. The minimum Gasteiger partial charge on any atom is -0.397 e. The van der Waals surface area contributed by atoms with Crippen LogP contribution in [0.3, 0.4) is 0 Å². The molecule has 0 bridgehead atoms. The summed E-state index contributed by atoms with van der Waals surface area (Å²) in [5, 5.41) is 15.5. The number of aliphatic hydroxyl groups excluding tert-OH is 1. The van der Waals surface area contributed by atoms with Crippen molar-refractivity contribution in [3.63, 3.8) is 0 Å². The fraction of sp³-hybridized carbons (Fsp3) is 0.395. The second-order valence-corrected chi connectivity index (χ2v) is 13.9. The van der Waals surface area contributed by atoms with Crippen molar-refractivity contribution in [1.29, 1.82) is 0 Å². The van der Waals surface area contributed by atoms with Crippen molar-refractivity contribution in [2.45, 2.75) is 76.6 Å². The third-order valence-corrected chi connectivity index (χ3v) is 9.96. The molecule has 0 aromatic heterocycles. The van der Waals surface area contributed by atoms with Crippen molar-refractivity contribution in [3.05, 3.63) is 119 Å².